The summed E-state index contributed by atoms with van der Waals surface area (Å²) in [6.45, 7) is 3.51. The molecule has 22 heavy (non-hydrogen) atoms. The van der Waals surface area contributed by atoms with Gasteiger partial charge in [0.25, 0.3) is 5.56 Å². The van der Waals surface area contributed by atoms with E-state index in [4.69, 9.17) is 0 Å². The summed E-state index contributed by atoms with van der Waals surface area (Å²) in [4.78, 5) is 32.1. The number of carbonyl (C=O) groups is 1. The Morgan fingerprint density at radius 3 is 2.59 bits per heavy atom. The Hall–Kier alpha value is -2.57. The molecule has 3 rings (SSSR count). The maximum atomic E-state index is 12.1. The average molecular weight is 299 g/mol. The number of nitrogens with zero attached hydrogens (tertiary/aromatic N) is 4. The Balaban J connectivity index is 1.73. The van der Waals surface area contributed by atoms with E-state index in [1.165, 1.54) is 10.7 Å². The predicted molar refractivity (Wildman–Crippen MR) is 80.6 cm³/mol. The van der Waals surface area contributed by atoms with Crippen LogP contribution in [0, 0.1) is 13.8 Å². The molecule has 0 spiro atoms. The molecule has 0 aromatic carbocycles. The molecule has 0 radical (unpaired) electrons. The fraction of sp³-hybridized carbons (Fsp3) is 0.400. The Morgan fingerprint density at radius 2 is 1.95 bits per heavy atom. The van der Waals surface area contributed by atoms with Gasteiger partial charge >= 0.3 is 0 Å². The zero-order valence-electron chi connectivity index (χ0n) is 12.5. The standard InChI is InChI=1S/C15H17N5O2/c1-9-7-10(2)17-15(16-9)18-13(21)8-20-14(22)6-5-12(19-20)11-3-4-11/h5-7,11H,3-4,8H2,1-2H3,(H,16,17,18,21). The van der Waals surface area contributed by atoms with Crippen molar-refractivity contribution in [2.24, 2.45) is 0 Å². The van der Waals surface area contributed by atoms with Gasteiger partial charge in [0.05, 0.1) is 5.69 Å². The number of aryl methyl sites for hydroxylation is 2. The number of aromatic nitrogens is 4. The number of amides is 1. The monoisotopic (exact) mass is 299 g/mol. The molecule has 0 aliphatic heterocycles. The van der Waals surface area contributed by atoms with Gasteiger partial charge < -0.3 is 0 Å². The van der Waals surface area contributed by atoms with Crippen molar-refractivity contribution in [3.63, 3.8) is 0 Å². The minimum absolute atomic E-state index is 0.143. The molecular formula is C15H17N5O2. The first-order chi connectivity index (χ1) is 10.5. The molecule has 1 amide bonds. The van der Waals surface area contributed by atoms with Gasteiger partial charge in [0.15, 0.2) is 0 Å². The van der Waals surface area contributed by atoms with Crippen LogP contribution in [0.5, 0.6) is 0 Å². The minimum Gasteiger partial charge on any atom is -0.293 e. The SMILES string of the molecule is Cc1cc(C)nc(NC(=O)Cn2nc(C3CC3)ccc2=O)n1. The fourth-order valence-electron chi connectivity index (χ4n) is 2.26. The van der Waals surface area contributed by atoms with Gasteiger partial charge in [-0.1, -0.05) is 0 Å². The number of anilines is 1. The first-order valence-electron chi connectivity index (χ1n) is 7.21. The number of rotatable bonds is 4. The van der Waals surface area contributed by atoms with Crippen LogP contribution in [0.15, 0.2) is 23.0 Å². The molecule has 7 nitrogen and oxygen atoms in total. The van der Waals surface area contributed by atoms with E-state index in [9.17, 15) is 9.59 Å². The molecule has 2 aromatic heterocycles. The van der Waals surface area contributed by atoms with Gasteiger partial charge in [0, 0.05) is 23.4 Å². The lowest BCUT2D eigenvalue weighted by Gasteiger charge is -2.08. The third-order valence-electron chi connectivity index (χ3n) is 3.41. The lowest BCUT2D eigenvalue weighted by Crippen LogP contribution is -2.30. The predicted octanol–water partition coefficient (Wildman–Crippen LogP) is 1.17. The highest BCUT2D eigenvalue weighted by Crippen LogP contribution is 2.38. The van der Waals surface area contributed by atoms with Crippen LogP contribution in [-0.4, -0.2) is 25.7 Å². The van der Waals surface area contributed by atoms with E-state index in [0.29, 0.717) is 5.92 Å². The molecule has 2 heterocycles. The van der Waals surface area contributed by atoms with E-state index >= 15 is 0 Å². The second-order valence-corrected chi connectivity index (χ2v) is 5.55. The van der Waals surface area contributed by atoms with E-state index in [0.717, 1.165) is 29.9 Å². The van der Waals surface area contributed by atoms with E-state index in [1.54, 1.807) is 6.07 Å². The second-order valence-electron chi connectivity index (χ2n) is 5.55. The topological polar surface area (TPSA) is 89.8 Å². The van der Waals surface area contributed by atoms with Crippen molar-refractivity contribution >= 4 is 11.9 Å². The van der Waals surface area contributed by atoms with Gasteiger partial charge in [0.1, 0.15) is 6.54 Å². The molecule has 0 atom stereocenters. The second kappa shape index (κ2) is 5.67. The highest BCUT2D eigenvalue weighted by molar-refractivity contribution is 5.88. The van der Waals surface area contributed by atoms with Gasteiger partial charge in [-0.05, 0) is 38.8 Å². The Bertz CT molecular complexity index is 759. The average Bonchev–Trinajstić information content (AvgIpc) is 3.24. The maximum absolute atomic E-state index is 12.1. The molecule has 0 saturated heterocycles. The maximum Gasteiger partial charge on any atom is 0.267 e. The summed E-state index contributed by atoms with van der Waals surface area (Å²) in [7, 11) is 0. The molecule has 1 fully saturated rings. The number of carbonyl (C=O) groups excluding carboxylic acids is 1. The summed E-state index contributed by atoms with van der Waals surface area (Å²) in [5, 5.41) is 6.86. The largest absolute Gasteiger partial charge is 0.293 e. The third-order valence-corrected chi connectivity index (χ3v) is 3.41. The van der Waals surface area contributed by atoms with E-state index in [2.05, 4.69) is 20.4 Å². The molecular weight excluding hydrogens is 282 g/mol. The van der Waals surface area contributed by atoms with Crippen LogP contribution in [0.3, 0.4) is 0 Å². The Kier molecular flexibility index (Phi) is 3.70. The highest BCUT2D eigenvalue weighted by atomic mass is 16.2. The lowest BCUT2D eigenvalue weighted by atomic mass is 10.3. The Morgan fingerprint density at radius 1 is 1.27 bits per heavy atom. The van der Waals surface area contributed by atoms with Crippen LogP contribution in [0.2, 0.25) is 0 Å². The summed E-state index contributed by atoms with van der Waals surface area (Å²) in [6.07, 6.45) is 2.18. The molecule has 0 unspecified atom stereocenters. The van der Waals surface area contributed by atoms with Crippen molar-refractivity contribution in [1.82, 2.24) is 19.7 Å². The van der Waals surface area contributed by atoms with Crippen molar-refractivity contribution in [3.8, 4) is 0 Å². The third kappa shape index (κ3) is 3.36. The van der Waals surface area contributed by atoms with Crippen molar-refractivity contribution in [3.05, 3.63) is 45.6 Å². The van der Waals surface area contributed by atoms with Crippen LogP contribution in [0.4, 0.5) is 5.95 Å². The zero-order chi connectivity index (χ0) is 15.7. The molecule has 1 aliphatic carbocycles. The first-order valence-corrected chi connectivity index (χ1v) is 7.21. The molecule has 0 bridgehead atoms. The quantitative estimate of drug-likeness (QED) is 0.915. The number of hydrogen-bond acceptors (Lipinski definition) is 5. The molecule has 7 heteroatoms. The smallest absolute Gasteiger partial charge is 0.267 e. The van der Waals surface area contributed by atoms with Gasteiger partial charge in [-0.2, -0.15) is 5.10 Å². The van der Waals surface area contributed by atoms with Crippen LogP contribution in [0.25, 0.3) is 0 Å². The molecule has 2 aromatic rings. The normalized spacial score (nSPS) is 13.9. The molecule has 1 saturated carbocycles. The van der Waals surface area contributed by atoms with E-state index in [1.807, 2.05) is 19.9 Å². The fourth-order valence-corrected chi connectivity index (χ4v) is 2.26. The van der Waals surface area contributed by atoms with E-state index in [-0.39, 0.29) is 24.0 Å². The Labute approximate surface area is 127 Å². The van der Waals surface area contributed by atoms with Crippen molar-refractivity contribution in [2.75, 3.05) is 5.32 Å². The van der Waals surface area contributed by atoms with E-state index < -0.39 is 0 Å². The van der Waals surface area contributed by atoms with Crippen LogP contribution in [-0.2, 0) is 11.3 Å². The molecule has 1 aliphatic rings. The minimum atomic E-state index is -0.368. The van der Waals surface area contributed by atoms with Crippen molar-refractivity contribution < 1.29 is 4.79 Å². The van der Waals surface area contributed by atoms with Gasteiger partial charge in [-0.25, -0.2) is 14.6 Å². The lowest BCUT2D eigenvalue weighted by molar-refractivity contribution is -0.117. The van der Waals surface area contributed by atoms with Gasteiger partial charge in [-0.3, -0.25) is 14.9 Å². The first kappa shape index (κ1) is 14.4. The summed E-state index contributed by atoms with van der Waals surface area (Å²) >= 11 is 0. The van der Waals surface area contributed by atoms with Crippen LogP contribution in [0.1, 0.15) is 35.8 Å². The van der Waals surface area contributed by atoms with Crippen LogP contribution >= 0.6 is 0 Å². The molecule has 1 N–H and O–H groups in total. The zero-order valence-corrected chi connectivity index (χ0v) is 12.5. The van der Waals surface area contributed by atoms with Gasteiger partial charge in [-0.15, -0.1) is 0 Å². The van der Waals surface area contributed by atoms with Crippen molar-refractivity contribution in [2.45, 2.75) is 39.2 Å². The summed E-state index contributed by atoms with van der Waals surface area (Å²) in [5.74, 6) is 0.305. The van der Waals surface area contributed by atoms with Crippen LogP contribution < -0.4 is 10.9 Å². The number of nitrogens with one attached hydrogen (secondary N) is 1. The summed E-state index contributed by atoms with van der Waals surface area (Å²) in [6, 6.07) is 5.02. The highest BCUT2D eigenvalue weighted by Gasteiger charge is 2.25. The number of hydrogen-bond donors (Lipinski definition) is 1. The summed E-state index contributed by atoms with van der Waals surface area (Å²) < 4.78 is 1.19. The van der Waals surface area contributed by atoms with Crippen molar-refractivity contribution in [1.29, 1.82) is 0 Å². The van der Waals surface area contributed by atoms with Gasteiger partial charge in [0.2, 0.25) is 11.9 Å². The molecule has 114 valence electrons. The summed E-state index contributed by atoms with van der Waals surface area (Å²) in [5.41, 5.74) is 2.12.